The number of anilines is 2. The number of aromatic nitrogens is 2. The van der Waals surface area contributed by atoms with E-state index in [1.54, 1.807) is 18.6 Å². The Labute approximate surface area is 170 Å². The lowest BCUT2D eigenvalue weighted by Gasteiger charge is -2.31. The first-order valence-corrected chi connectivity index (χ1v) is 10.5. The Balaban J connectivity index is 1.19. The van der Waals surface area contributed by atoms with Crippen LogP contribution in [0.1, 0.15) is 44.9 Å². The second-order valence-electron chi connectivity index (χ2n) is 8.15. The SMILES string of the molecule is O=C(Nc1ccc2c(c1)OC1(CCCCC1)O2)C1CCN(c2cnccn2)CC1. The van der Waals surface area contributed by atoms with Gasteiger partial charge in [0.05, 0.1) is 6.20 Å². The number of fused-ring (bicyclic) bond motifs is 1. The summed E-state index contributed by atoms with van der Waals surface area (Å²) in [4.78, 5) is 23.4. The smallest absolute Gasteiger partial charge is 0.251 e. The maximum atomic E-state index is 12.8. The van der Waals surface area contributed by atoms with Gasteiger partial charge < -0.3 is 19.7 Å². The van der Waals surface area contributed by atoms with Crippen LogP contribution in [-0.4, -0.2) is 34.8 Å². The number of piperidine rings is 1. The summed E-state index contributed by atoms with van der Waals surface area (Å²) in [5.74, 6) is 1.97. The topological polar surface area (TPSA) is 76.6 Å². The fourth-order valence-electron chi connectivity index (χ4n) is 4.54. The zero-order valence-electron chi connectivity index (χ0n) is 16.5. The summed E-state index contributed by atoms with van der Waals surface area (Å²) < 4.78 is 12.3. The monoisotopic (exact) mass is 394 g/mol. The second-order valence-corrected chi connectivity index (χ2v) is 8.15. The first-order chi connectivity index (χ1) is 14.2. The van der Waals surface area contributed by atoms with E-state index >= 15 is 0 Å². The number of carbonyl (C=O) groups excluding carboxylic acids is 1. The Hall–Kier alpha value is -2.83. The molecule has 2 aromatic rings. The molecule has 1 N–H and O–H groups in total. The molecule has 5 rings (SSSR count). The normalized spacial score (nSPS) is 20.6. The van der Waals surface area contributed by atoms with Crippen molar-refractivity contribution in [2.45, 2.75) is 50.7 Å². The fraction of sp³-hybridized carbons (Fsp3) is 0.500. The van der Waals surface area contributed by atoms with E-state index in [9.17, 15) is 4.79 Å². The van der Waals surface area contributed by atoms with Gasteiger partial charge in [0, 0.05) is 56.0 Å². The molecule has 2 aliphatic heterocycles. The summed E-state index contributed by atoms with van der Waals surface area (Å²) >= 11 is 0. The molecule has 1 amide bonds. The molecule has 3 heterocycles. The molecule has 7 nitrogen and oxygen atoms in total. The molecular formula is C22H26N4O3. The van der Waals surface area contributed by atoms with E-state index in [0.29, 0.717) is 0 Å². The molecular weight excluding hydrogens is 368 g/mol. The van der Waals surface area contributed by atoms with E-state index in [-0.39, 0.29) is 11.8 Å². The Morgan fingerprint density at radius 1 is 1.07 bits per heavy atom. The van der Waals surface area contributed by atoms with Crippen LogP contribution in [0, 0.1) is 5.92 Å². The summed E-state index contributed by atoms with van der Waals surface area (Å²) in [7, 11) is 0. The second kappa shape index (κ2) is 7.54. The van der Waals surface area contributed by atoms with Crippen molar-refractivity contribution < 1.29 is 14.3 Å². The lowest BCUT2D eigenvalue weighted by atomic mass is 9.94. The molecule has 1 aliphatic carbocycles. The van der Waals surface area contributed by atoms with E-state index in [4.69, 9.17) is 9.47 Å². The maximum absolute atomic E-state index is 12.8. The van der Waals surface area contributed by atoms with Crippen LogP contribution in [0.25, 0.3) is 0 Å². The van der Waals surface area contributed by atoms with Gasteiger partial charge in [0.2, 0.25) is 5.91 Å². The van der Waals surface area contributed by atoms with E-state index in [1.165, 1.54) is 6.42 Å². The fourth-order valence-corrected chi connectivity index (χ4v) is 4.54. The largest absolute Gasteiger partial charge is 0.448 e. The van der Waals surface area contributed by atoms with Gasteiger partial charge in [-0.2, -0.15) is 0 Å². The summed E-state index contributed by atoms with van der Waals surface area (Å²) in [6.45, 7) is 1.61. The lowest BCUT2D eigenvalue weighted by Crippen LogP contribution is -2.40. The predicted octanol–water partition coefficient (Wildman–Crippen LogP) is 3.76. The molecule has 29 heavy (non-hydrogen) atoms. The van der Waals surface area contributed by atoms with Gasteiger partial charge >= 0.3 is 0 Å². The average molecular weight is 394 g/mol. The van der Waals surface area contributed by atoms with Crippen LogP contribution in [0.4, 0.5) is 11.5 Å². The van der Waals surface area contributed by atoms with E-state index < -0.39 is 5.79 Å². The molecule has 0 bridgehead atoms. The number of hydrogen-bond donors (Lipinski definition) is 1. The van der Waals surface area contributed by atoms with Gasteiger partial charge in [-0.25, -0.2) is 4.98 Å². The van der Waals surface area contributed by atoms with Gasteiger partial charge in [-0.3, -0.25) is 9.78 Å². The number of hydrogen-bond acceptors (Lipinski definition) is 6. The van der Waals surface area contributed by atoms with Crippen LogP contribution in [0.3, 0.4) is 0 Å². The standard InChI is InChI=1S/C22H26N4O3/c27-21(16-6-12-26(13-7-16)20-15-23-10-11-24-20)25-17-4-5-18-19(14-17)29-22(28-18)8-2-1-3-9-22/h4-5,10-11,14-16H,1-3,6-9,12-13H2,(H,25,27). The lowest BCUT2D eigenvalue weighted by molar-refractivity contribution is -0.120. The first-order valence-electron chi connectivity index (χ1n) is 10.5. The van der Waals surface area contributed by atoms with Crippen molar-refractivity contribution in [1.29, 1.82) is 0 Å². The average Bonchev–Trinajstić information content (AvgIpc) is 3.11. The summed E-state index contributed by atoms with van der Waals surface area (Å²) in [6, 6.07) is 5.70. The molecule has 3 aliphatic rings. The van der Waals surface area contributed by atoms with Gasteiger partial charge in [0.25, 0.3) is 5.79 Å². The third-order valence-electron chi connectivity index (χ3n) is 6.16. The minimum atomic E-state index is -0.490. The first kappa shape index (κ1) is 18.2. The van der Waals surface area contributed by atoms with E-state index in [1.807, 2.05) is 18.2 Å². The van der Waals surface area contributed by atoms with Crippen molar-refractivity contribution in [2.24, 2.45) is 5.92 Å². The Kier molecular flexibility index (Phi) is 4.73. The molecule has 1 aromatic heterocycles. The third-order valence-corrected chi connectivity index (χ3v) is 6.16. The van der Waals surface area contributed by atoms with Crippen LogP contribution in [-0.2, 0) is 4.79 Å². The van der Waals surface area contributed by atoms with Crippen LogP contribution < -0.4 is 19.7 Å². The quantitative estimate of drug-likeness (QED) is 0.854. The third kappa shape index (κ3) is 3.73. The van der Waals surface area contributed by atoms with Crippen molar-refractivity contribution in [2.75, 3.05) is 23.3 Å². The minimum absolute atomic E-state index is 0.00182. The minimum Gasteiger partial charge on any atom is -0.448 e. The molecule has 2 fully saturated rings. The van der Waals surface area contributed by atoms with Crippen molar-refractivity contribution >= 4 is 17.4 Å². The zero-order chi connectivity index (χ0) is 19.7. The van der Waals surface area contributed by atoms with Crippen molar-refractivity contribution in [3.63, 3.8) is 0 Å². The summed E-state index contributed by atoms with van der Waals surface area (Å²) in [5.41, 5.74) is 0.765. The number of nitrogens with one attached hydrogen (secondary N) is 1. The molecule has 0 radical (unpaired) electrons. The Morgan fingerprint density at radius 2 is 1.86 bits per heavy atom. The Bertz CT molecular complexity index is 875. The highest BCUT2D eigenvalue weighted by atomic mass is 16.7. The van der Waals surface area contributed by atoms with Crippen molar-refractivity contribution in [3.8, 4) is 11.5 Å². The van der Waals surface area contributed by atoms with E-state index in [0.717, 1.165) is 74.6 Å². The van der Waals surface area contributed by atoms with Gasteiger partial charge in [-0.15, -0.1) is 0 Å². The molecule has 1 saturated heterocycles. The Morgan fingerprint density at radius 3 is 2.62 bits per heavy atom. The van der Waals surface area contributed by atoms with Crippen LogP contribution in [0.5, 0.6) is 11.5 Å². The predicted molar refractivity (Wildman–Crippen MR) is 109 cm³/mol. The number of rotatable bonds is 3. The molecule has 7 heteroatoms. The maximum Gasteiger partial charge on any atom is 0.251 e. The van der Waals surface area contributed by atoms with Crippen LogP contribution in [0.15, 0.2) is 36.8 Å². The number of benzene rings is 1. The van der Waals surface area contributed by atoms with Gasteiger partial charge in [0.1, 0.15) is 5.82 Å². The molecule has 0 atom stereocenters. The number of carbonyl (C=O) groups is 1. The molecule has 0 unspecified atom stereocenters. The molecule has 152 valence electrons. The highest BCUT2D eigenvalue weighted by Gasteiger charge is 2.42. The van der Waals surface area contributed by atoms with Crippen molar-refractivity contribution in [1.82, 2.24) is 9.97 Å². The van der Waals surface area contributed by atoms with E-state index in [2.05, 4.69) is 20.2 Å². The molecule has 1 spiro atoms. The van der Waals surface area contributed by atoms with Crippen LogP contribution >= 0.6 is 0 Å². The highest BCUT2D eigenvalue weighted by Crippen LogP contribution is 2.46. The summed E-state index contributed by atoms with van der Waals surface area (Å²) in [6.07, 6.45) is 12.1. The number of nitrogens with zero attached hydrogens (tertiary/aromatic N) is 3. The highest BCUT2D eigenvalue weighted by molar-refractivity contribution is 5.93. The zero-order valence-corrected chi connectivity index (χ0v) is 16.5. The van der Waals surface area contributed by atoms with Crippen molar-refractivity contribution in [3.05, 3.63) is 36.8 Å². The molecule has 1 aromatic carbocycles. The summed E-state index contributed by atoms with van der Waals surface area (Å²) in [5, 5.41) is 3.07. The van der Waals surface area contributed by atoms with Gasteiger partial charge in [-0.05, 0) is 37.8 Å². The van der Waals surface area contributed by atoms with Gasteiger partial charge in [0.15, 0.2) is 11.5 Å². The number of amides is 1. The number of ether oxygens (including phenoxy) is 2. The van der Waals surface area contributed by atoms with Gasteiger partial charge in [-0.1, -0.05) is 6.42 Å². The molecule has 1 saturated carbocycles. The van der Waals surface area contributed by atoms with Crippen LogP contribution in [0.2, 0.25) is 0 Å².